The zero-order valence-corrected chi connectivity index (χ0v) is 16.6. The van der Waals surface area contributed by atoms with Crippen molar-refractivity contribution in [1.82, 2.24) is 4.98 Å². The van der Waals surface area contributed by atoms with Crippen LogP contribution in [0.1, 0.15) is 16.7 Å². The van der Waals surface area contributed by atoms with E-state index in [1.54, 1.807) is 48.7 Å². The van der Waals surface area contributed by atoms with Crippen LogP contribution in [-0.4, -0.2) is 19.9 Å². The predicted octanol–water partition coefficient (Wildman–Crippen LogP) is 4.29. The van der Waals surface area contributed by atoms with E-state index in [1.807, 2.05) is 13.8 Å². The first-order valence-electron chi connectivity index (χ1n) is 8.88. The van der Waals surface area contributed by atoms with Crippen LogP contribution in [0.2, 0.25) is 0 Å². The van der Waals surface area contributed by atoms with Crippen molar-refractivity contribution in [3.05, 3.63) is 83.3 Å². The van der Waals surface area contributed by atoms with Crippen molar-refractivity contribution in [2.45, 2.75) is 25.2 Å². The molecule has 3 aromatic rings. The second-order valence-electron chi connectivity index (χ2n) is 6.59. The zero-order valence-electron chi connectivity index (χ0n) is 15.7. The molecule has 7 heteroatoms. The maximum absolute atomic E-state index is 12.9. The minimum Gasteiger partial charge on any atom is -0.383 e. The minimum atomic E-state index is -3.69. The number of sulfonamides is 1. The third-order valence-electron chi connectivity index (χ3n) is 4.45. The topological polar surface area (TPSA) is 71.1 Å². The van der Waals surface area contributed by atoms with Crippen LogP contribution in [-0.2, 0) is 16.4 Å². The van der Waals surface area contributed by atoms with Crippen molar-refractivity contribution in [2.24, 2.45) is 0 Å². The largest absolute Gasteiger partial charge is 0.383 e. The molecule has 3 rings (SSSR count). The number of aromatic nitrogens is 1. The van der Waals surface area contributed by atoms with Gasteiger partial charge in [-0.3, -0.25) is 4.72 Å². The fraction of sp³-hybridized carbons (Fsp3) is 0.190. The summed E-state index contributed by atoms with van der Waals surface area (Å²) < 4.78 is 40.4. The summed E-state index contributed by atoms with van der Waals surface area (Å²) in [4.78, 5) is 4.37. The van der Waals surface area contributed by atoms with E-state index < -0.39 is 10.0 Å². The molecule has 0 saturated heterocycles. The lowest BCUT2D eigenvalue weighted by atomic mass is 10.1. The Bertz CT molecular complexity index is 1050. The van der Waals surface area contributed by atoms with Crippen LogP contribution in [0.4, 0.5) is 15.9 Å². The van der Waals surface area contributed by atoms with Crippen LogP contribution in [0.5, 0.6) is 0 Å². The molecule has 0 bridgehead atoms. The second-order valence-corrected chi connectivity index (χ2v) is 8.27. The van der Waals surface area contributed by atoms with Crippen molar-refractivity contribution >= 4 is 21.5 Å². The minimum absolute atomic E-state index is 0.207. The third kappa shape index (κ3) is 5.07. The second kappa shape index (κ2) is 8.39. The number of benzene rings is 2. The van der Waals surface area contributed by atoms with Gasteiger partial charge in [0.1, 0.15) is 11.6 Å². The first kappa shape index (κ1) is 19.8. The summed E-state index contributed by atoms with van der Waals surface area (Å²) in [5, 5.41) is 3.21. The van der Waals surface area contributed by atoms with Gasteiger partial charge in [0, 0.05) is 6.54 Å². The monoisotopic (exact) mass is 399 g/mol. The van der Waals surface area contributed by atoms with E-state index in [0.717, 1.165) is 28.8 Å². The molecule has 146 valence electrons. The Balaban J connectivity index is 1.59. The maximum atomic E-state index is 12.9. The van der Waals surface area contributed by atoms with Gasteiger partial charge in [-0.1, -0.05) is 18.2 Å². The normalized spacial score (nSPS) is 11.2. The van der Waals surface area contributed by atoms with E-state index in [0.29, 0.717) is 6.54 Å². The van der Waals surface area contributed by atoms with Gasteiger partial charge in [-0.2, -0.15) is 0 Å². The Kier molecular flexibility index (Phi) is 5.94. The molecule has 2 N–H and O–H groups in total. The molecule has 0 saturated carbocycles. The highest BCUT2D eigenvalue weighted by Gasteiger charge is 2.15. The highest BCUT2D eigenvalue weighted by Crippen LogP contribution is 2.18. The lowest BCUT2D eigenvalue weighted by Crippen LogP contribution is -2.14. The maximum Gasteiger partial charge on any atom is 0.263 e. The summed E-state index contributed by atoms with van der Waals surface area (Å²) in [5.41, 5.74) is 3.75. The molecule has 0 aliphatic rings. The fourth-order valence-corrected chi connectivity index (χ4v) is 3.73. The van der Waals surface area contributed by atoms with E-state index in [1.165, 1.54) is 12.1 Å². The third-order valence-corrected chi connectivity index (χ3v) is 5.80. The number of halogens is 1. The van der Waals surface area contributed by atoms with Crippen LogP contribution in [0.15, 0.2) is 65.7 Å². The summed E-state index contributed by atoms with van der Waals surface area (Å²) in [6, 6.07) is 14.7. The molecule has 5 nitrogen and oxygen atoms in total. The number of hydrogen-bond acceptors (Lipinski definition) is 4. The molecule has 0 atom stereocenters. The van der Waals surface area contributed by atoms with E-state index in [4.69, 9.17) is 0 Å². The first-order valence-corrected chi connectivity index (χ1v) is 10.4. The van der Waals surface area contributed by atoms with Gasteiger partial charge in [0.25, 0.3) is 10.0 Å². The van der Waals surface area contributed by atoms with Gasteiger partial charge in [0.05, 0.1) is 16.8 Å². The van der Waals surface area contributed by atoms with Crippen LogP contribution in [0, 0.1) is 19.7 Å². The number of aryl methyl sites for hydroxylation is 2. The van der Waals surface area contributed by atoms with Gasteiger partial charge in [-0.25, -0.2) is 17.8 Å². The number of nitrogens with one attached hydrogen (secondary N) is 2. The van der Waals surface area contributed by atoms with E-state index in [9.17, 15) is 12.8 Å². The Morgan fingerprint density at radius 1 is 0.964 bits per heavy atom. The summed E-state index contributed by atoms with van der Waals surface area (Å²) in [6.45, 7) is 4.46. The van der Waals surface area contributed by atoms with Crippen LogP contribution < -0.4 is 10.0 Å². The molecular weight excluding hydrogens is 377 g/mol. The van der Waals surface area contributed by atoms with Gasteiger partial charge in [-0.05, 0) is 73.4 Å². The standard InChI is InChI=1S/C21H22FN3O2S/c1-15-3-9-20(13-16(15)2)28(26,27)25-21-10-8-19(14-24-21)23-12-11-17-4-6-18(22)7-5-17/h3-10,13-14,23H,11-12H2,1-2H3,(H,24,25). The summed E-state index contributed by atoms with van der Waals surface area (Å²) in [7, 11) is -3.69. The quantitative estimate of drug-likeness (QED) is 0.622. The van der Waals surface area contributed by atoms with Crippen LogP contribution in [0.25, 0.3) is 0 Å². The Morgan fingerprint density at radius 3 is 2.36 bits per heavy atom. The smallest absolute Gasteiger partial charge is 0.263 e. The Labute approximate surface area is 164 Å². The molecule has 0 fully saturated rings. The van der Waals surface area contributed by atoms with Gasteiger partial charge >= 0.3 is 0 Å². The zero-order chi connectivity index (χ0) is 20.1. The van der Waals surface area contributed by atoms with Crippen molar-refractivity contribution in [3.8, 4) is 0 Å². The molecule has 0 unspecified atom stereocenters. The summed E-state index contributed by atoms with van der Waals surface area (Å²) in [6.07, 6.45) is 2.31. The fourth-order valence-electron chi connectivity index (χ4n) is 2.64. The van der Waals surface area contributed by atoms with Gasteiger partial charge < -0.3 is 5.32 Å². The van der Waals surface area contributed by atoms with Gasteiger partial charge in [0.2, 0.25) is 0 Å². The number of nitrogens with zero attached hydrogens (tertiary/aromatic N) is 1. The van der Waals surface area contributed by atoms with Crippen molar-refractivity contribution in [1.29, 1.82) is 0 Å². The molecule has 0 aliphatic heterocycles. The molecule has 0 amide bonds. The SMILES string of the molecule is Cc1ccc(S(=O)(=O)Nc2ccc(NCCc3ccc(F)cc3)cn2)cc1C. The van der Waals surface area contributed by atoms with Crippen molar-refractivity contribution < 1.29 is 12.8 Å². The number of hydrogen-bond donors (Lipinski definition) is 2. The van der Waals surface area contributed by atoms with Crippen molar-refractivity contribution in [2.75, 3.05) is 16.6 Å². The van der Waals surface area contributed by atoms with Gasteiger partial charge in [-0.15, -0.1) is 0 Å². The van der Waals surface area contributed by atoms with E-state index >= 15 is 0 Å². The average Bonchev–Trinajstić information content (AvgIpc) is 2.66. The van der Waals surface area contributed by atoms with Gasteiger partial charge in [0.15, 0.2) is 0 Å². The number of pyridine rings is 1. The van der Waals surface area contributed by atoms with E-state index in [-0.39, 0.29) is 16.5 Å². The lowest BCUT2D eigenvalue weighted by molar-refractivity contribution is 0.601. The lowest BCUT2D eigenvalue weighted by Gasteiger charge is -2.10. The Morgan fingerprint density at radius 2 is 1.71 bits per heavy atom. The van der Waals surface area contributed by atoms with Crippen molar-refractivity contribution in [3.63, 3.8) is 0 Å². The molecule has 2 aromatic carbocycles. The Hall–Kier alpha value is -2.93. The number of anilines is 2. The molecule has 28 heavy (non-hydrogen) atoms. The first-order chi connectivity index (χ1) is 13.3. The number of rotatable bonds is 7. The average molecular weight is 399 g/mol. The summed E-state index contributed by atoms with van der Waals surface area (Å²) >= 11 is 0. The highest BCUT2D eigenvalue weighted by molar-refractivity contribution is 7.92. The molecule has 1 heterocycles. The molecule has 1 aromatic heterocycles. The van der Waals surface area contributed by atoms with E-state index in [2.05, 4.69) is 15.0 Å². The molecule has 0 aliphatic carbocycles. The summed E-state index contributed by atoms with van der Waals surface area (Å²) in [5.74, 6) is 0.00191. The molecule has 0 spiro atoms. The molecular formula is C21H22FN3O2S. The highest BCUT2D eigenvalue weighted by atomic mass is 32.2. The molecule has 0 radical (unpaired) electrons. The van der Waals surface area contributed by atoms with Crippen LogP contribution >= 0.6 is 0 Å². The predicted molar refractivity (Wildman–Crippen MR) is 110 cm³/mol. The van der Waals surface area contributed by atoms with Crippen LogP contribution in [0.3, 0.4) is 0 Å².